The highest BCUT2D eigenvalue weighted by atomic mass is 16.3. The minimum atomic E-state index is -0.492. The summed E-state index contributed by atoms with van der Waals surface area (Å²) in [5, 5.41) is 10.7. The van der Waals surface area contributed by atoms with E-state index in [1.165, 1.54) is 12.0 Å². The van der Waals surface area contributed by atoms with Gasteiger partial charge in [0.15, 0.2) is 0 Å². The lowest BCUT2D eigenvalue weighted by Crippen LogP contribution is -2.38. The normalized spacial score (nSPS) is 29.5. The summed E-state index contributed by atoms with van der Waals surface area (Å²) in [6.07, 6.45) is 8.72. The van der Waals surface area contributed by atoms with Crippen molar-refractivity contribution >= 4 is 0 Å². The molecule has 0 bridgehead atoms. The fourth-order valence-corrected chi connectivity index (χ4v) is 3.00. The standard InChI is InChI=1S/C15H23NO/c1-12(2)14-4-3-7-15(17,11-14)10-13-5-8-16-9-6-13/h5-6,8-9,12,14,17H,3-4,7,10-11H2,1-2H3. The van der Waals surface area contributed by atoms with E-state index in [1.807, 2.05) is 12.1 Å². The molecule has 2 atom stereocenters. The molecule has 1 fully saturated rings. The Kier molecular flexibility index (Phi) is 3.82. The first-order chi connectivity index (χ1) is 8.09. The summed E-state index contributed by atoms with van der Waals surface area (Å²) in [6.45, 7) is 4.53. The number of pyridine rings is 1. The molecule has 1 aliphatic rings. The largest absolute Gasteiger partial charge is 0.390 e. The van der Waals surface area contributed by atoms with E-state index in [2.05, 4.69) is 18.8 Å². The molecular formula is C15H23NO. The molecule has 2 nitrogen and oxygen atoms in total. The number of hydrogen-bond donors (Lipinski definition) is 1. The second kappa shape index (κ2) is 5.18. The van der Waals surface area contributed by atoms with Gasteiger partial charge in [-0.2, -0.15) is 0 Å². The maximum atomic E-state index is 10.7. The maximum absolute atomic E-state index is 10.7. The minimum absolute atomic E-state index is 0.492. The van der Waals surface area contributed by atoms with Gasteiger partial charge in [-0.15, -0.1) is 0 Å². The van der Waals surface area contributed by atoms with Gasteiger partial charge in [-0.05, 0) is 48.8 Å². The van der Waals surface area contributed by atoms with Gasteiger partial charge in [-0.3, -0.25) is 4.98 Å². The van der Waals surface area contributed by atoms with Crippen LogP contribution in [-0.2, 0) is 6.42 Å². The van der Waals surface area contributed by atoms with E-state index < -0.39 is 5.60 Å². The fourth-order valence-electron chi connectivity index (χ4n) is 3.00. The lowest BCUT2D eigenvalue weighted by Gasteiger charge is -2.38. The van der Waals surface area contributed by atoms with Crippen molar-refractivity contribution in [3.05, 3.63) is 30.1 Å². The van der Waals surface area contributed by atoms with Crippen LogP contribution in [0.5, 0.6) is 0 Å². The molecule has 0 spiro atoms. The van der Waals surface area contributed by atoms with Crippen LogP contribution in [0.4, 0.5) is 0 Å². The Bertz CT molecular complexity index is 349. The van der Waals surface area contributed by atoms with Crippen LogP contribution in [0, 0.1) is 11.8 Å². The number of hydrogen-bond acceptors (Lipinski definition) is 2. The topological polar surface area (TPSA) is 33.1 Å². The molecule has 94 valence electrons. The molecule has 1 N–H and O–H groups in total. The molecule has 0 radical (unpaired) electrons. The van der Waals surface area contributed by atoms with Crippen LogP contribution in [-0.4, -0.2) is 15.7 Å². The van der Waals surface area contributed by atoms with Gasteiger partial charge in [-0.1, -0.05) is 20.3 Å². The van der Waals surface area contributed by atoms with Gasteiger partial charge in [0.25, 0.3) is 0 Å². The first kappa shape index (κ1) is 12.6. The van der Waals surface area contributed by atoms with Crippen LogP contribution >= 0.6 is 0 Å². The molecule has 2 unspecified atom stereocenters. The van der Waals surface area contributed by atoms with Gasteiger partial charge in [0.05, 0.1) is 5.60 Å². The predicted octanol–water partition coefficient (Wildman–Crippen LogP) is 3.20. The molecule has 0 aromatic carbocycles. The highest BCUT2D eigenvalue weighted by molar-refractivity contribution is 5.13. The van der Waals surface area contributed by atoms with Crippen LogP contribution in [0.2, 0.25) is 0 Å². The average Bonchev–Trinajstić information content (AvgIpc) is 2.29. The average molecular weight is 233 g/mol. The summed E-state index contributed by atoms with van der Waals surface area (Å²) in [4.78, 5) is 4.02. The van der Waals surface area contributed by atoms with E-state index >= 15 is 0 Å². The zero-order chi connectivity index (χ0) is 12.3. The quantitative estimate of drug-likeness (QED) is 0.869. The first-order valence-corrected chi connectivity index (χ1v) is 6.70. The Balaban J connectivity index is 2.03. The Hall–Kier alpha value is -0.890. The summed E-state index contributed by atoms with van der Waals surface area (Å²) >= 11 is 0. The molecule has 1 aromatic heterocycles. The van der Waals surface area contributed by atoms with Crippen molar-refractivity contribution < 1.29 is 5.11 Å². The lowest BCUT2D eigenvalue weighted by atomic mass is 9.71. The van der Waals surface area contributed by atoms with Crippen molar-refractivity contribution in [1.29, 1.82) is 0 Å². The molecular weight excluding hydrogens is 210 g/mol. The Morgan fingerprint density at radius 2 is 2.12 bits per heavy atom. The smallest absolute Gasteiger partial charge is 0.0690 e. The molecule has 1 saturated carbocycles. The Morgan fingerprint density at radius 1 is 1.41 bits per heavy atom. The zero-order valence-electron chi connectivity index (χ0n) is 10.9. The number of nitrogens with zero attached hydrogens (tertiary/aromatic N) is 1. The van der Waals surface area contributed by atoms with Crippen molar-refractivity contribution in [2.24, 2.45) is 11.8 Å². The van der Waals surface area contributed by atoms with Crippen LogP contribution in [0.25, 0.3) is 0 Å². The molecule has 0 saturated heterocycles. The Labute approximate surface area is 104 Å². The molecule has 1 heterocycles. The predicted molar refractivity (Wildman–Crippen MR) is 69.7 cm³/mol. The molecule has 1 aliphatic carbocycles. The summed E-state index contributed by atoms with van der Waals surface area (Å²) in [6, 6.07) is 4.02. The molecule has 2 heteroatoms. The molecule has 1 aromatic rings. The van der Waals surface area contributed by atoms with E-state index in [-0.39, 0.29) is 0 Å². The molecule has 0 aliphatic heterocycles. The molecule has 2 rings (SSSR count). The van der Waals surface area contributed by atoms with Gasteiger partial charge < -0.3 is 5.11 Å². The number of rotatable bonds is 3. The summed E-state index contributed by atoms with van der Waals surface area (Å²) < 4.78 is 0. The van der Waals surface area contributed by atoms with Crippen LogP contribution in [0.3, 0.4) is 0 Å². The van der Waals surface area contributed by atoms with Crippen LogP contribution < -0.4 is 0 Å². The zero-order valence-corrected chi connectivity index (χ0v) is 10.9. The summed E-state index contributed by atoms with van der Waals surface area (Å²) in [5.74, 6) is 1.36. The molecule has 0 amide bonds. The van der Waals surface area contributed by atoms with Gasteiger partial charge >= 0.3 is 0 Å². The van der Waals surface area contributed by atoms with Crippen molar-refractivity contribution in [1.82, 2.24) is 4.98 Å². The van der Waals surface area contributed by atoms with Crippen LogP contribution in [0.1, 0.15) is 45.1 Å². The second-order valence-corrected chi connectivity index (χ2v) is 5.86. The van der Waals surface area contributed by atoms with E-state index in [1.54, 1.807) is 12.4 Å². The van der Waals surface area contributed by atoms with Gasteiger partial charge in [0, 0.05) is 18.8 Å². The third-order valence-corrected chi connectivity index (χ3v) is 4.08. The first-order valence-electron chi connectivity index (χ1n) is 6.70. The van der Waals surface area contributed by atoms with E-state index in [0.717, 1.165) is 25.7 Å². The van der Waals surface area contributed by atoms with Crippen molar-refractivity contribution in [3.8, 4) is 0 Å². The number of aliphatic hydroxyl groups is 1. The maximum Gasteiger partial charge on any atom is 0.0690 e. The van der Waals surface area contributed by atoms with Crippen molar-refractivity contribution in [2.75, 3.05) is 0 Å². The summed E-state index contributed by atoms with van der Waals surface area (Å²) in [5.41, 5.74) is 0.709. The third kappa shape index (κ3) is 3.29. The lowest BCUT2D eigenvalue weighted by molar-refractivity contribution is -0.0239. The van der Waals surface area contributed by atoms with Gasteiger partial charge in [0.2, 0.25) is 0 Å². The highest BCUT2D eigenvalue weighted by Crippen LogP contribution is 2.38. The van der Waals surface area contributed by atoms with E-state index in [4.69, 9.17) is 0 Å². The van der Waals surface area contributed by atoms with Gasteiger partial charge in [0.1, 0.15) is 0 Å². The second-order valence-electron chi connectivity index (χ2n) is 5.86. The Morgan fingerprint density at radius 3 is 2.76 bits per heavy atom. The SMILES string of the molecule is CC(C)C1CCCC(O)(Cc2ccncc2)C1. The van der Waals surface area contributed by atoms with Crippen molar-refractivity contribution in [3.63, 3.8) is 0 Å². The van der Waals surface area contributed by atoms with E-state index in [0.29, 0.717) is 11.8 Å². The van der Waals surface area contributed by atoms with Gasteiger partial charge in [-0.25, -0.2) is 0 Å². The van der Waals surface area contributed by atoms with E-state index in [9.17, 15) is 5.11 Å². The molecule has 17 heavy (non-hydrogen) atoms. The fraction of sp³-hybridized carbons (Fsp3) is 0.667. The van der Waals surface area contributed by atoms with Crippen LogP contribution in [0.15, 0.2) is 24.5 Å². The number of aromatic nitrogens is 1. The highest BCUT2D eigenvalue weighted by Gasteiger charge is 2.35. The van der Waals surface area contributed by atoms with Crippen molar-refractivity contribution in [2.45, 2.75) is 51.6 Å². The monoisotopic (exact) mass is 233 g/mol. The third-order valence-electron chi connectivity index (χ3n) is 4.08. The minimum Gasteiger partial charge on any atom is -0.390 e. The summed E-state index contributed by atoms with van der Waals surface area (Å²) in [7, 11) is 0.